The van der Waals surface area contributed by atoms with Crippen LogP contribution in [0.25, 0.3) is 0 Å². The third-order valence-electron chi connectivity index (χ3n) is 2.43. The van der Waals surface area contributed by atoms with E-state index >= 15 is 0 Å². The van der Waals surface area contributed by atoms with E-state index in [1.807, 2.05) is 42.6 Å². The Morgan fingerprint density at radius 3 is 2.94 bits per heavy atom. The maximum Gasteiger partial charge on any atom is 0.122 e. The summed E-state index contributed by atoms with van der Waals surface area (Å²) < 4.78 is 5.75. The van der Waals surface area contributed by atoms with Gasteiger partial charge in [0.25, 0.3) is 0 Å². The number of hydrogen-bond donors (Lipinski definition) is 1. The standard InChI is InChI=1S/C15H14O2S/c1-12-5-2-3-7-15(12)17-10-14-9-13(11-18-14)6-4-8-16/h2-3,5,7,9,11,16H,8,10H2,1H3. The van der Waals surface area contributed by atoms with E-state index in [-0.39, 0.29) is 6.61 Å². The van der Waals surface area contributed by atoms with E-state index in [9.17, 15) is 0 Å². The predicted octanol–water partition coefficient (Wildman–Crippen LogP) is 2.98. The van der Waals surface area contributed by atoms with Crippen LogP contribution in [0, 0.1) is 18.8 Å². The number of rotatable bonds is 3. The summed E-state index contributed by atoms with van der Waals surface area (Å²) in [5, 5.41) is 10.6. The maximum absolute atomic E-state index is 8.62. The molecule has 0 bridgehead atoms. The van der Waals surface area contributed by atoms with Crippen LogP contribution in [0.2, 0.25) is 0 Å². The van der Waals surface area contributed by atoms with E-state index in [2.05, 4.69) is 11.8 Å². The highest BCUT2D eigenvalue weighted by Gasteiger charge is 2.01. The van der Waals surface area contributed by atoms with Gasteiger partial charge < -0.3 is 9.84 Å². The molecule has 2 nitrogen and oxygen atoms in total. The fraction of sp³-hybridized carbons (Fsp3) is 0.200. The molecule has 0 aliphatic heterocycles. The molecule has 0 fully saturated rings. The molecule has 1 N–H and O–H groups in total. The van der Waals surface area contributed by atoms with Crippen LogP contribution < -0.4 is 4.74 Å². The van der Waals surface area contributed by atoms with Crippen LogP contribution in [0.5, 0.6) is 5.75 Å². The predicted molar refractivity (Wildman–Crippen MR) is 73.8 cm³/mol. The molecule has 0 saturated carbocycles. The highest BCUT2D eigenvalue weighted by Crippen LogP contribution is 2.20. The Hall–Kier alpha value is -1.76. The van der Waals surface area contributed by atoms with Crippen molar-refractivity contribution < 1.29 is 9.84 Å². The maximum atomic E-state index is 8.62. The quantitative estimate of drug-likeness (QED) is 0.858. The lowest BCUT2D eigenvalue weighted by Gasteiger charge is -2.06. The Bertz CT molecular complexity index is 575. The molecule has 0 amide bonds. The van der Waals surface area contributed by atoms with Crippen molar-refractivity contribution in [3.05, 3.63) is 51.7 Å². The summed E-state index contributed by atoms with van der Waals surface area (Å²) in [6.45, 7) is 2.48. The number of para-hydroxylation sites is 1. The zero-order valence-corrected chi connectivity index (χ0v) is 11.0. The molecule has 2 rings (SSSR count). The molecule has 0 saturated heterocycles. The monoisotopic (exact) mass is 258 g/mol. The number of aliphatic hydroxyl groups excluding tert-OH is 1. The molecule has 0 radical (unpaired) electrons. The minimum absolute atomic E-state index is 0.106. The Balaban J connectivity index is 1.98. The van der Waals surface area contributed by atoms with Gasteiger partial charge in [0.05, 0.1) is 0 Å². The molecule has 18 heavy (non-hydrogen) atoms. The first-order chi connectivity index (χ1) is 8.79. The first-order valence-corrected chi connectivity index (χ1v) is 6.53. The van der Waals surface area contributed by atoms with Crippen LogP contribution in [0.4, 0.5) is 0 Å². The lowest BCUT2D eigenvalue weighted by atomic mass is 10.2. The molecule has 1 aromatic heterocycles. The van der Waals surface area contributed by atoms with Crippen LogP contribution >= 0.6 is 11.3 Å². The molecule has 0 atom stereocenters. The summed E-state index contributed by atoms with van der Waals surface area (Å²) in [5.41, 5.74) is 2.06. The number of aryl methyl sites for hydroxylation is 1. The average Bonchev–Trinajstić information content (AvgIpc) is 2.83. The van der Waals surface area contributed by atoms with Gasteiger partial charge in [-0.3, -0.25) is 0 Å². The number of hydrogen-bond acceptors (Lipinski definition) is 3. The summed E-state index contributed by atoms with van der Waals surface area (Å²) in [6, 6.07) is 9.95. The summed E-state index contributed by atoms with van der Waals surface area (Å²) in [7, 11) is 0. The molecular formula is C15H14O2S. The van der Waals surface area contributed by atoms with Crippen molar-refractivity contribution in [2.45, 2.75) is 13.5 Å². The summed E-state index contributed by atoms with van der Waals surface area (Å²) >= 11 is 1.62. The van der Waals surface area contributed by atoms with Gasteiger partial charge in [-0.1, -0.05) is 30.0 Å². The van der Waals surface area contributed by atoms with Gasteiger partial charge in [-0.25, -0.2) is 0 Å². The minimum atomic E-state index is -0.106. The van der Waals surface area contributed by atoms with Crippen LogP contribution in [0.15, 0.2) is 35.7 Å². The fourth-order valence-corrected chi connectivity index (χ4v) is 2.26. The second-order valence-electron chi connectivity index (χ2n) is 3.82. The van der Waals surface area contributed by atoms with E-state index in [1.165, 1.54) is 0 Å². The number of aliphatic hydroxyl groups is 1. The first-order valence-electron chi connectivity index (χ1n) is 5.65. The van der Waals surface area contributed by atoms with Crippen LogP contribution in [0.3, 0.4) is 0 Å². The summed E-state index contributed by atoms with van der Waals surface area (Å²) in [5.74, 6) is 6.42. The number of benzene rings is 1. The molecule has 0 aliphatic carbocycles. The Morgan fingerprint density at radius 1 is 1.33 bits per heavy atom. The third-order valence-corrected chi connectivity index (χ3v) is 3.34. The van der Waals surface area contributed by atoms with Gasteiger partial charge >= 0.3 is 0 Å². The zero-order chi connectivity index (χ0) is 12.8. The van der Waals surface area contributed by atoms with Gasteiger partial charge in [-0.15, -0.1) is 11.3 Å². The van der Waals surface area contributed by atoms with E-state index in [4.69, 9.17) is 9.84 Å². The van der Waals surface area contributed by atoms with Gasteiger partial charge in [0.2, 0.25) is 0 Å². The SMILES string of the molecule is Cc1ccccc1OCc1cc(C#CCO)cs1. The van der Waals surface area contributed by atoms with E-state index in [1.54, 1.807) is 11.3 Å². The van der Waals surface area contributed by atoms with E-state index < -0.39 is 0 Å². The van der Waals surface area contributed by atoms with Crippen LogP contribution in [-0.2, 0) is 6.61 Å². The second kappa shape index (κ2) is 6.25. The average molecular weight is 258 g/mol. The minimum Gasteiger partial charge on any atom is -0.488 e. The lowest BCUT2D eigenvalue weighted by molar-refractivity contribution is 0.307. The van der Waals surface area contributed by atoms with Crippen molar-refractivity contribution in [1.29, 1.82) is 0 Å². The van der Waals surface area contributed by atoms with Crippen molar-refractivity contribution in [2.75, 3.05) is 6.61 Å². The largest absolute Gasteiger partial charge is 0.488 e. The molecule has 92 valence electrons. The lowest BCUT2D eigenvalue weighted by Crippen LogP contribution is -1.94. The third kappa shape index (κ3) is 3.36. The molecule has 1 aromatic carbocycles. The van der Waals surface area contributed by atoms with Crippen molar-refractivity contribution in [3.63, 3.8) is 0 Å². The fourth-order valence-electron chi connectivity index (χ4n) is 1.53. The molecule has 1 heterocycles. The summed E-state index contributed by atoms with van der Waals surface area (Å²) in [4.78, 5) is 1.13. The van der Waals surface area contributed by atoms with Crippen LogP contribution in [-0.4, -0.2) is 11.7 Å². The Labute approximate surface area is 111 Å². The van der Waals surface area contributed by atoms with Gasteiger partial charge in [0, 0.05) is 15.8 Å². The van der Waals surface area contributed by atoms with Crippen molar-refractivity contribution >= 4 is 11.3 Å². The topological polar surface area (TPSA) is 29.5 Å². The van der Waals surface area contributed by atoms with Gasteiger partial charge in [-0.05, 0) is 24.6 Å². The molecular weight excluding hydrogens is 244 g/mol. The molecule has 3 heteroatoms. The zero-order valence-electron chi connectivity index (χ0n) is 10.1. The smallest absolute Gasteiger partial charge is 0.122 e. The van der Waals surface area contributed by atoms with E-state index in [0.717, 1.165) is 21.8 Å². The van der Waals surface area contributed by atoms with Crippen molar-refractivity contribution in [1.82, 2.24) is 0 Å². The number of thiophene rings is 1. The van der Waals surface area contributed by atoms with Gasteiger partial charge in [-0.2, -0.15) is 0 Å². The highest BCUT2D eigenvalue weighted by molar-refractivity contribution is 7.10. The highest BCUT2D eigenvalue weighted by atomic mass is 32.1. The normalized spacial score (nSPS) is 9.67. The van der Waals surface area contributed by atoms with Gasteiger partial charge in [0.15, 0.2) is 0 Å². The van der Waals surface area contributed by atoms with Crippen molar-refractivity contribution in [3.8, 4) is 17.6 Å². The van der Waals surface area contributed by atoms with Crippen molar-refractivity contribution in [2.24, 2.45) is 0 Å². The van der Waals surface area contributed by atoms with Gasteiger partial charge in [0.1, 0.15) is 19.0 Å². The Morgan fingerprint density at radius 2 is 2.17 bits per heavy atom. The summed E-state index contributed by atoms with van der Waals surface area (Å²) in [6.07, 6.45) is 0. The van der Waals surface area contributed by atoms with E-state index in [0.29, 0.717) is 6.61 Å². The molecule has 0 unspecified atom stereocenters. The first kappa shape index (κ1) is 12.7. The Kier molecular flexibility index (Phi) is 4.40. The molecule has 2 aromatic rings. The molecule has 0 spiro atoms. The number of ether oxygens (including phenoxy) is 1. The second-order valence-corrected chi connectivity index (χ2v) is 4.81. The molecule has 0 aliphatic rings. The van der Waals surface area contributed by atoms with Crippen LogP contribution in [0.1, 0.15) is 16.0 Å².